The van der Waals surface area contributed by atoms with Crippen molar-refractivity contribution < 1.29 is 24.2 Å². The fraction of sp³-hybridized carbons (Fsp3) is 0.647. The number of quaternary nitrogens is 1. The van der Waals surface area contributed by atoms with Gasteiger partial charge in [0.15, 0.2) is 0 Å². The number of aliphatic hydroxyl groups excluding tert-OH is 1. The summed E-state index contributed by atoms with van der Waals surface area (Å²) in [6.07, 6.45) is 0.674. The number of rotatable bonds is 8. The van der Waals surface area contributed by atoms with E-state index in [0.29, 0.717) is 25.4 Å². The first-order chi connectivity index (χ1) is 10.7. The molecule has 0 spiro atoms. The van der Waals surface area contributed by atoms with Gasteiger partial charge in [-0.2, -0.15) is 0 Å². The quantitative estimate of drug-likeness (QED) is 0.677. The molecule has 1 aliphatic rings. The molecule has 5 nitrogen and oxygen atoms in total. The van der Waals surface area contributed by atoms with Gasteiger partial charge in [-0.05, 0) is 31.5 Å². The SMILES string of the molecule is C[C@@H]1C[NH+](CCOCCOc2ccc(CO)cc2)C[C@H](C)O1. The molecular formula is C17H28NO4+. The molecule has 3 atom stereocenters. The molecule has 1 saturated heterocycles. The van der Waals surface area contributed by atoms with Crippen LogP contribution < -0.4 is 9.64 Å². The van der Waals surface area contributed by atoms with Gasteiger partial charge in [0.25, 0.3) is 0 Å². The van der Waals surface area contributed by atoms with Gasteiger partial charge in [-0.3, -0.25) is 0 Å². The lowest BCUT2D eigenvalue weighted by molar-refractivity contribution is -0.915. The lowest BCUT2D eigenvalue weighted by Gasteiger charge is -2.32. The minimum atomic E-state index is 0.0600. The Kier molecular flexibility index (Phi) is 7.12. The van der Waals surface area contributed by atoms with Crippen LogP contribution in [-0.4, -0.2) is 56.8 Å². The van der Waals surface area contributed by atoms with Gasteiger partial charge in [0, 0.05) is 0 Å². The number of morpholine rings is 1. The smallest absolute Gasteiger partial charge is 0.119 e. The Morgan fingerprint density at radius 2 is 1.77 bits per heavy atom. The maximum Gasteiger partial charge on any atom is 0.119 e. The van der Waals surface area contributed by atoms with E-state index in [-0.39, 0.29) is 6.61 Å². The fourth-order valence-corrected chi connectivity index (χ4v) is 2.82. The van der Waals surface area contributed by atoms with Crippen molar-refractivity contribution in [3.63, 3.8) is 0 Å². The van der Waals surface area contributed by atoms with Crippen molar-refractivity contribution >= 4 is 0 Å². The Hall–Kier alpha value is -1.14. The van der Waals surface area contributed by atoms with Gasteiger partial charge in [-0.1, -0.05) is 12.1 Å². The Morgan fingerprint density at radius 1 is 1.09 bits per heavy atom. The van der Waals surface area contributed by atoms with Crippen LogP contribution in [0.15, 0.2) is 24.3 Å². The molecule has 2 N–H and O–H groups in total. The predicted molar refractivity (Wildman–Crippen MR) is 84.3 cm³/mol. The lowest BCUT2D eigenvalue weighted by Crippen LogP contribution is -3.15. The van der Waals surface area contributed by atoms with E-state index in [9.17, 15) is 0 Å². The highest BCUT2D eigenvalue weighted by Crippen LogP contribution is 2.11. The van der Waals surface area contributed by atoms with Crippen molar-refractivity contribution in [3.8, 4) is 5.75 Å². The molecular weight excluding hydrogens is 282 g/mol. The van der Waals surface area contributed by atoms with Crippen LogP contribution in [0.3, 0.4) is 0 Å². The van der Waals surface area contributed by atoms with E-state index < -0.39 is 0 Å². The van der Waals surface area contributed by atoms with Gasteiger partial charge in [0.1, 0.15) is 44.2 Å². The highest BCUT2D eigenvalue weighted by molar-refractivity contribution is 5.26. The van der Waals surface area contributed by atoms with Crippen LogP contribution in [-0.2, 0) is 16.1 Å². The zero-order valence-corrected chi connectivity index (χ0v) is 13.6. The molecule has 2 rings (SSSR count). The molecule has 0 saturated carbocycles. The maximum absolute atomic E-state index is 8.97. The summed E-state index contributed by atoms with van der Waals surface area (Å²) >= 11 is 0. The zero-order chi connectivity index (χ0) is 15.8. The normalized spacial score (nSPS) is 25.1. The third-order valence-corrected chi connectivity index (χ3v) is 3.82. The topological polar surface area (TPSA) is 52.4 Å². The summed E-state index contributed by atoms with van der Waals surface area (Å²) in [5, 5.41) is 8.97. The van der Waals surface area contributed by atoms with Crippen molar-refractivity contribution in [3.05, 3.63) is 29.8 Å². The molecule has 1 unspecified atom stereocenters. The van der Waals surface area contributed by atoms with E-state index in [0.717, 1.165) is 37.6 Å². The molecule has 1 heterocycles. The second kappa shape index (κ2) is 9.10. The number of aliphatic hydroxyl groups is 1. The third-order valence-electron chi connectivity index (χ3n) is 3.82. The number of nitrogens with one attached hydrogen (secondary N) is 1. The summed E-state index contributed by atoms with van der Waals surface area (Å²) in [6.45, 7) is 9.34. The van der Waals surface area contributed by atoms with E-state index in [4.69, 9.17) is 19.3 Å². The molecule has 0 bridgehead atoms. The van der Waals surface area contributed by atoms with Crippen molar-refractivity contribution in [2.45, 2.75) is 32.7 Å². The van der Waals surface area contributed by atoms with E-state index in [2.05, 4.69) is 13.8 Å². The van der Waals surface area contributed by atoms with Crippen molar-refractivity contribution in [2.24, 2.45) is 0 Å². The monoisotopic (exact) mass is 310 g/mol. The molecule has 124 valence electrons. The molecule has 22 heavy (non-hydrogen) atoms. The van der Waals surface area contributed by atoms with Gasteiger partial charge in [-0.15, -0.1) is 0 Å². The zero-order valence-electron chi connectivity index (χ0n) is 13.6. The largest absolute Gasteiger partial charge is 0.491 e. The molecule has 1 aromatic rings. The van der Waals surface area contributed by atoms with E-state index in [1.54, 1.807) is 4.90 Å². The summed E-state index contributed by atoms with van der Waals surface area (Å²) in [5.41, 5.74) is 0.889. The molecule has 0 aromatic heterocycles. The fourth-order valence-electron chi connectivity index (χ4n) is 2.82. The highest BCUT2D eigenvalue weighted by atomic mass is 16.5. The number of benzene rings is 1. The standard InChI is InChI=1S/C17H27NO4/c1-14-11-18(12-15(2)22-14)7-8-20-9-10-21-17-5-3-16(13-19)4-6-17/h3-6,14-15,19H,7-13H2,1-2H3/p+1/t14-,15+. The molecule has 0 radical (unpaired) electrons. The molecule has 0 aliphatic carbocycles. The Labute approximate surface area is 132 Å². The molecule has 1 aliphatic heterocycles. The average molecular weight is 310 g/mol. The van der Waals surface area contributed by atoms with Crippen molar-refractivity contribution in [2.75, 3.05) is 39.5 Å². The molecule has 0 amide bonds. The van der Waals surface area contributed by atoms with Crippen LogP contribution in [0.4, 0.5) is 0 Å². The second-order valence-corrected chi connectivity index (χ2v) is 5.93. The highest BCUT2D eigenvalue weighted by Gasteiger charge is 2.24. The summed E-state index contributed by atoms with van der Waals surface area (Å²) in [7, 11) is 0. The number of hydrogen-bond donors (Lipinski definition) is 2. The van der Waals surface area contributed by atoms with Gasteiger partial charge in [0.05, 0.1) is 19.8 Å². The van der Waals surface area contributed by atoms with E-state index in [1.165, 1.54) is 0 Å². The van der Waals surface area contributed by atoms with Crippen LogP contribution in [0.2, 0.25) is 0 Å². The van der Waals surface area contributed by atoms with Gasteiger partial charge in [0.2, 0.25) is 0 Å². The maximum atomic E-state index is 8.97. The summed E-state index contributed by atoms with van der Waals surface area (Å²) in [4.78, 5) is 1.55. The second-order valence-electron chi connectivity index (χ2n) is 5.93. The predicted octanol–water partition coefficient (Wildman–Crippen LogP) is 0.266. The van der Waals surface area contributed by atoms with Crippen LogP contribution in [0.25, 0.3) is 0 Å². The van der Waals surface area contributed by atoms with Crippen molar-refractivity contribution in [1.82, 2.24) is 0 Å². The Balaban J connectivity index is 1.53. The Bertz CT molecular complexity index is 413. The van der Waals surface area contributed by atoms with Gasteiger partial charge < -0.3 is 24.2 Å². The van der Waals surface area contributed by atoms with Gasteiger partial charge in [-0.25, -0.2) is 0 Å². The summed E-state index contributed by atoms with van der Waals surface area (Å²) in [6, 6.07) is 7.46. The van der Waals surface area contributed by atoms with Crippen LogP contribution in [0.1, 0.15) is 19.4 Å². The van der Waals surface area contributed by atoms with Gasteiger partial charge >= 0.3 is 0 Å². The number of ether oxygens (including phenoxy) is 3. The third kappa shape index (κ3) is 5.93. The number of hydrogen-bond acceptors (Lipinski definition) is 4. The van der Waals surface area contributed by atoms with Crippen LogP contribution in [0, 0.1) is 0 Å². The van der Waals surface area contributed by atoms with E-state index in [1.807, 2.05) is 24.3 Å². The first kappa shape index (κ1) is 17.2. The van der Waals surface area contributed by atoms with E-state index >= 15 is 0 Å². The molecule has 5 heteroatoms. The summed E-state index contributed by atoms with van der Waals surface area (Å²) in [5.74, 6) is 0.808. The van der Waals surface area contributed by atoms with Crippen LogP contribution in [0.5, 0.6) is 5.75 Å². The molecule has 1 aromatic carbocycles. The van der Waals surface area contributed by atoms with Crippen LogP contribution >= 0.6 is 0 Å². The molecule has 1 fully saturated rings. The minimum Gasteiger partial charge on any atom is -0.491 e. The Morgan fingerprint density at radius 3 is 2.41 bits per heavy atom. The first-order valence-electron chi connectivity index (χ1n) is 8.06. The average Bonchev–Trinajstić information content (AvgIpc) is 2.50. The minimum absolute atomic E-state index is 0.0600. The lowest BCUT2D eigenvalue weighted by atomic mass is 10.2. The van der Waals surface area contributed by atoms with Crippen molar-refractivity contribution in [1.29, 1.82) is 0 Å². The first-order valence-corrected chi connectivity index (χ1v) is 8.06. The summed E-state index contributed by atoms with van der Waals surface area (Å²) < 4.78 is 17.0.